The summed E-state index contributed by atoms with van der Waals surface area (Å²) >= 11 is 1.22. The average Bonchev–Trinajstić information content (AvgIpc) is 3.11. The molecule has 114 valence electrons. The van der Waals surface area contributed by atoms with Gasteiger partial charge in [0.1, 0.15) is 10.8 Å². The van der Waals surface area contributed by atoms with Gasteiger partial charge in [-0.05, 0) is 36.4 Å². The molecule has 0 radical (unpaired) electrons. The molecule has 0 aliphatic carbocycles. The third-order valence-electron chi connectivity index (χ3n) is 3.27. The average molecular weight is 332 g/mol. The first-order valence-electron chi connectivity index (χ1n) is 6.56. The third-order valence-corrected chi connectivity index (χ3v) is 4.22. The molecule has 2 aromatic carbocycles. The van der Waals surface area contributed by atoms with Crippen LogP contribution >= 0.6 is 11.3 Å². The maximum Gasteiger partial charge on any atom is 0.235 e. The number of fused-ring (bicyclic) bond motifs is 1. The molecule has 0 N–H and O–H groups in total. The van der Waals surface area contributed by atoms with Gasteiger partial charge in [-0.1, -0.05) is 17.4 Å². The van der Waals surface area contributed by atoms with Crippen molar-refractivity contribution >= 4 is 16.3 Å². The monoisotopic (exact) mass is 332 g/mol. The van der Waals surface area contributed by atoms with E-state index < -0.39 is 11.6 Å². The van der Waals surface area contributed by atoms with Crippen molar-refractivity contribution in [1.29, 1.82) is 0 Å². The van der Waals surface area contributed by atoms with E-state index in [9.17, 15) is 13.2 Å². The van der Waals surface area contributed by atoms with Crippen LogP contribution in [0.25, 0.3) is 26.9 Å². The van der Waals surface area contributed by atoms with Gasteiger partial charge in [0, 0.05) is 5.56 Å². The van der Waals surface area contributed by atoms with Gasteiger partial charge >= 0.3 is 0 Å². The topological polar surface area (TPSA) is 43.1 Å². The molecule has 0 amide bonds. The Morgan fingerprint density at radius 3 is 2.48 bits per heavy atom. The maximum absolute atomic E-state index is 13.9. The van der Waals surface area contributed by atoms with E-state index in [4.69, 9.17) is 0 Å². The smallest absolute Gasteiger partial charge is 0.207 e. The molecule has 4 nitrogen and oxygen atoms in total. The minimum Gasteiger partial charge on any atom is -0.207 e. The Labute approximate surface area is 131 Å². The predicted molar refractivity (Wildman–Crippen MR) is 79.4 cm³/mol. The van der Waals surface area contributed by atoms with Crippen LogP contribution in [0.1, 0.15) is 0 Å². The number of hydrogen-bond acceptors (Lipinski definition) is 4. The van der Waals surface area contributed by atoms with Gasteiger partial charge in [0.05, 0.1) is 5.56 Å². The molecule has 0 aliphatic rings. The van der Waals surface area contributed by atoms with Crippen molar-refractivity contribution in [3.8, 4) is 22.0 Å². The highest BCUT2D eigenvalue weighted by Gasteiger charge is 2.18. The lowest BCUT2D eigenvalue weighted by molar-refractivity contribution is 0.510. The lowest BCUT2D eigenvalue weighted by Gasteiger charge is -2.00. The van der Waals surface area contributed by atoms with E-state index in [0.29, 0.717) is 15.5 Å². The van der Waals surface area contributed by atoms with Gasteiger partial charge in [-0.3, -0.25) is 0 Å². The number of rotatable bonds is 2. The van der Waals surface area contributed by atoms with Crippen LogP contribution in [0.5, 0.6) is 0 Å². The summed E-state index contributed by atoms with van der Waals surface area (Å²) in [5.74, 6) is -2.20. The van der Waals surface area contributed by atoms with E-state index in [-0.39, 0.29) is 17.2 Å². The highest BCUT2D eigenvalue weighted by atomic mass is 32.1. The zero-order valence-electron chi connectivity index (χ0n) is 11.4. The number of benzene rings is 2. The Morgan fingerprint density at radius 1 is 0.913 bits per heavy atom. The first-order chi connectivity index (χ1) is 11.1. The quantitative estimate of drug-likeness (QED) is 0.558. The van der Waals surface area contributed by atoms with E-state index in [1.54, 1.807) is 12.1 Å². The van der Waals surface area contributed by atoms with Gasteiger partial charge in [0.2, 0.25) is 4.96 Å². The summed E-state index contributed by atoms with van der Waals surface area (Å²) in [7, 11) is 0. The molecule has 0 saturated carbocycles. The van der Waals surface area contributed by atoms with Crippen LogP contribution in [0, 0.1) is 17.5 Å². The molecule has 0 fully saturated rings. The molecule has 2 heterocycles. The van der Waals surface area contributed by atoms with Crippen LogP contribution in [-0.2, 0) is 0 Å². The number of nitrogens with zero attached hydrogens (tertiary/aromatic N) is 4. The van der Waals surface area contributed by atoms with Crippen molar-refractivity contribution in [1.82, 2.24) is 19.8 Å². The number of aromatic nitrogens is 4. The van der Waals surface area contributed by atoms with Gasteiger partial charge < -0.3 is 0 Å². The van der Waals surface area contributed by atoms with E-state index in [1.807, 2.05) is 0 Å². The molecule has 0 atom stereocenters. The first kappa shape index (κ1) is 13.9. The molecule has 4 rings (SSSR count). The summed E-state index contributed by atoms with van der Waals surface area (Å²) < 4.78 is 41.7. The fourth-order valence-corrected chi connectivity index (χ4v) is 3.02. The van der Waals surface area contributed by atoms with Crippen LogP contribution < -0.4 is 0 Å². The summed E-state index contributed by atoms with van der Waals surface area (Å²) in [6.07, 6.45) is 0. The summed E-state index contributed by atoms with van der Waals surface area (Å²) in [5, 5.41) is 12.7. The minimum atomic E-state index is -1.00. The van der Waals surface area contributed by atoms with E-state index in [2.05, 4.69) is 15.3 Å². The largest absolute Gasteiger partial charge is 0.235 e. The van der Waals surface area contributed by atoms with Gasteiger partial charge in [-0.15, -0.1) is 10.2 Å². The number of hydrogen-bond donors (Lipinski definition) is 0. The molecule has 2 aromatic heterocycles. The standard InChI is InChI=1S/C15H7F3N4S/c16-9-6-4-8(5-7-9)14-21-22-13(19-20-15(22)23-14)10-2-1-3-11(17)12(10)18/h1-7H. The van der Waals surface area contributed by atoms with Gasteiger partial charge in [-0.25, -0.2) is 13.2 Å². The molecule has 0 aliphatic heterocycles. The summed E-state index contributed by atoms with van der Waals surface area (Å²) in [4.78, 5) is 0.433. The van der Waals surface area contributed by atoms with Gasteiger partial charge in [0.15, 0.2) is 17.5 Å². The first-order valence-corrected chi connectivity index (χ1v) is 7.38. The van der Waals surface area contributed by atoms with E-state index in [0.717, 1.165) is 6.07 Å². The lowest BCUT2D eigenvalue weighted by atomic mass is 10.2. The minimum absolute atomic E-state index is 0.0199. The van der Waals surface area contributed by atoms with E-state index >= 15 is 0 Å². The summed E-state index contributed by atoms with van der Waals surface area (Å²) in [5.41, 5.74) is 0.682. The molecule has 4 aromatic rings. The Bertz CT molecular complexity index is 1010. The van der Waals surface area contributed by atoms with Crippen molar-refractivity contribution in [2.24, 2.45) is 0 Å². The van der Waals surface area contributed by atoms with Crippen molar-refractivity contribution in [3.63, 3.8) is 0 Å². The fraction of sp³-hybridized carbons (Fsp3) is 0. The van der Waals surface area contributed by atoms with Crippen molar-refractivity contribution < 1.29 is 13.2 Å². The molecule has 0 unspecified atom stereocenters. The summed E-state index contributed by atoms with van der Waals surface area (Å²) in [6.45, 7) is 0. The zero-order valence-corrected chi connectivity index (χ0v) is 12.2. The Kier molecular flexibility index (Phi) is 3.12. The van der Waals surface area contributed by atoms with Crippen LogP contribution in [0.4, 0.5) is 13.2 Å². The lowest BCUT2D eigenvalue weighted by Crippen LogP contribution is -1.95. The Balaban J connectivity index is 1.87. The van der Waals surface area contributed by atoms with Crippen molar-refractivity contribution in [2.45, 2.75) is 0 Å². The highest BCUT2D eigenvalue weighted by molar-refractivity contribution is 7.19. The molecular formula is C15H7F3N4S. The van der Waals surface area contributed by atoms with Crippen LogP contribution in [-0.4, -0.2) is 19.8 Å². The molecule has 0 spiro atoms. The Morgan fingerprint density at radius 2 is 1.70 bits per heavy atom. The molecule has 0 bridgehead atoms. The van der Waals surface area contributed by atoms with Crippen LogP contribution in [0.15, 0.2) is 42.5 Å². The van der Waals surface area contributed by atoms with E-state index in [1.165, 1.54) is 40.1 Å². The molecule has 23 heavy (non-hydrogen) atoms. The Hall–Kier alpha value is -2.74. The zero-order chi connectivity index (χ0) is 16.0. The van der Waals surface area contributed by atoms with Crippen molar-refractivity contribution in [2.75, 3.05) is 0 Å². The fourth-order valence-electron chi connectivity index (χ4n) is 2.17. The van der Waals surface area contributed by atoms with Crippen molar-refractivity contribution in [3.05, 3.63) is 59.9 Å². The predicted octanol–water partition coefficient (Wildman–Crippen LogP) is 3.94. The molecule has 8 heteroatoms. The second-order valence-corrected chi connectivity index (χ2v) is 5.69. The third kappa shape index (κ3) is 2.27. The molecular weight excluding hydrogens is 325 g/mol. The second kappa shape index (κ2) is 5.17. The SMILES string of the molecule is Fc1ccc(-c2nn3c(-c4cccc(F)c4F)nnc3s2)cc1. The number of halogens is 3. The van der Waals surface area contributed by atoms with Gasteiger partial charge in [0.25, 0.3) is 0 Å². The second-order valence-electron chi connectivity index (χ2n) is 4.73. The van der Waals surface area contributed by atoms with Crippen LogP contribution in [0.3, 0.4) is 0 Å². The van der Waals surface area contributed by atoms with Crippen LogP contribution in [0.2, 0.25) is 0 Å². The maximum atomic E-state index is 13.9. The highest BCUT2D eigenvalue weighted by Crippen LogP contribution is 2.29. The van der Waals surface area contributed by atoms with Gasteiger partial charge in [-0.2, -0.15) is 9.61 Å². The summed E-state index contributed by atoms with van der Waals surface area (Å²) in [6, 6.07) is 9.65. The molecule has 0 saturated heterocycles. The normalized spacial score (nSPS) is 11.3.